The predicted octanol–water partition coefficient (Wildman–Crippen LogP) is 2.46. The number of nitrogens with one attached hydrogen (secondary N) is 1. The number of rotatable bonds is 8. The van der Waals surface area contributed by atoms with E-state index in [0.29, 0.717) is 0 Å². The highest BCUT2D eigenvalue weighted by Crippen LogP contribution is 2.53. The number of carbonyl (C=O) groups is 1. The van der Waals surface area contributed by atoms with Crippen LogP contribution >= 0.6 is 11.6 Å². The number of aromatic nitrogens is 6. The summed E-state index contributed by atoms with van der Waals surface area (Å²) >= 11 is 5.68. The van der Waals surface area contributed by atoms with Crippen LogP contribution in [-0.4, -0.2) is 95.1 Å². The third kappa shape index (κ3) is 5.26. The topological polar surface area (TPSA) is 170 Å². The lowest BCUT2D eigenvalue weighted by atomic mass is 9.56. The summed E-state index contributed by atoms with van der Waals surface area (Å²) in [7, 11) is 1.44. The fraction of sp³-hybridized carbons (Fsp3) is 0.593. The molecule has 16 heteroatoms. The van der Waals surface area contributed by atoms with Crippen molar-refractivity contribution in [3.05, 3.63) is 46.9 Å². The van der Waals surface area contributed by atoms with Gasteiger partial charge in [-0.2, -0.15) is 0 Å². The first-order valence-electron chi connectivity index (χ1n) is 14.0. The Morgan fingerprint density at radius 1 is 1.12 bits per heavy atom. The summed E-state index contributed by atoms with van der Waals surface area (Å²) in [6.45, 7) is -0.328. The highest BCUT2D eigenvalue weighted by Gasteiger charge is 2.52. The smallest absolute Gasteiger partial charge is 0.405 e. The van der Waals surface area contributed by atoms with E-state index in [9.17, 15) is 28.9 Å². The third-order valence-corrected chi connectivity index (χ3v) is 9.72. The van der Waals surface area contributed by atoms with Crippen molar-refractivity contribution in [2.75, 3.05) is 13.7 Å². The fourth-order valence-corrected chi connectivity index (χ4v) is 7.13. The van der Waals surface area contributed by atoms with Crippen molar-refractivity contribution in [2.45, 2.75) is 86.5 Å². The molecular formula is C27H32ClF2N7O6. The molecule has 3 heterocycles. The first-order valence-corrected chi connectivity index (χ1v) is 14.4. The largest absolute Gasteiger partial charge is 0.465 e. The summed E-state index contributed by atoms with van der Waals surface area (Å²) in [6, 6.07) is 1.59. The number of benzene rings is 1. The summed E-state index contributed by atoms with van der Waals surface area (Å²) in [6.07, 6.45) is 2.98. The number of methoxy groups -OCH3 is 1. The minimum atomic E-state index is -1.28. The lowest BCUT2D eigenvalue weighted by Gasteiger charge is -2.52. The molecule has 0 unspecified atom stereocenters. The van der Waals surface area contributed by atoms with Crippen LogP contribution in [0.25, 0.3) is 11.3 Å². The number of amides is 1. The van der Waals surface area contributed by atoms with E-state index in [2.05, 4.69) is 25.9 Å². The van der Waals surface area contributed by atoms with Gasteiger partial charge in [-0.25, -0.2) is 22.9 Å². The molecule has 0 radical (unpaired) electrons. The second kappa shape index (κ2) is 11.4. The van der Waals surface area contributed by atoms with Gasteiger partial charge in [-0.1, -0.05) is 22.0 Å². The lowest BCUT2D eigenvalue weighted by Crippen LogP contribution is -2.57. The minimum Gasteiger partial charge on any atom is -0.465 e. The van der Waals surface area contributed by atoms with Crippen LogP contribution in [0.2, 0.25) is 5.02 Å². The Morgan fingerprint density at radius 3 is 2.49 bits per heavy atom. The Bertz CT molecular complexity index is 1480. The number of carboxylic acid groups (broad SMARTS) is 1. The van der Waals surface area contributed by atoms with Gasteiger partial charge in [0.05, 0.1) is 30.1 Å². The number of halogens is 3. The first-order chi connectivity index (χ1) is 20.6. The molecule has 7 rings (SSSR count). The van der Waals surface area contributed by atoms with Gasteiger partial charge in [-0.15, -0.1) is 10.2 Å². The Balaban J connectivity index is 1.22. The van der Waals surface area contributed by atoms with E-state index in [-0.39, 0.29) is 33.8 Å². The van der Waals surface area contributed by atoms with Crippen molar-refractivity contribution < 1.29 is 38.4 Å². The normalized spacial score (nSPS) is 32.2. The first kappa shape index (κ1) is 29.8. The molecule has 0 spiro atoms. The minimum absolute atomic E-state index is 0.0152. The van der Waals surface area contributed by atoms with Crippen LogP contribution in [0.3, 0.4) is 0 Å². The molecule has 43 heavy (non-hydrogen) atoms. The highest BCUT2D eigenvalue weighted by atomic mass is 35.5. The molecule has 4 N–H and O–H groups in total. The summed E-state index contributed by atoms with van der Waals surface area (Å²) in [5, 5.41) is 49.6. The Kier molecular flexibility index (Phi) is 7.87. The maximum atomic E-state index is 14.6. The summed E-state index contributed by atoms with van der Waals surface area (Å²) in [5.41, 5.74) is 0.120. The monoisotopic (exact) mass is 623 g/mol. The Labute approximate surface area is 249 Å². The molecule has 5 atom stereocenters. The number of aliphatic hydroxyl groups is 2. The molecule has 3 aromatic rings. The summed E-state index contributed by atoms with van der Waals surface area (Å²) < 4.78 is 43.4. The SMILES string of the molecule is CO[C@@H]1[C@@H](n2cc(-c3ccc(Cl)c(F)c3F)nn2)[C@@H](O)[C@@H](CO)O[C@@H]1Cn1cc(C23CCC(NC(=O)O)(CC2)CC3)nn1. The maximum Gasteiger partial charge on any atom is 0.405 e. The molecule has 4 fully saturated rings. The van der Waals surface area contributed by atoms with Crippen LogP contribution in [0.1, 0.15) is 50.3 Å². The molecule has 4 aliphatic rings. The van der Waals surface area contributed by atoms with E-state index in [4.69, 9.17) is 21.1 Å². The number of fused-ring (bicyclic) bond motifs is 3. The Morgan fingerprint density at radius 2 is 1.84 bits per heavy atom. The van der Waals surface area contributed by atoms with Gasteiger partial charge in [-0.3, -0.25) is 0 Å². The van der Waals surface area contributed by atoms with Crippen molar-refractivity contribution in [3.63, 3.8) is 0 Å². The third-order valence-electron chi connectivity index (χ3n) is 9.43. The molecule has 1 saturated heterocycles. The maximum absolute atomic E-state index is 14.6. The van der Waals surface area contributed by atoms with Gasteiger partial charge < -0.3 is 30.1 Å². The molecule has 13 nitrogen and oxygen atoms in total. The summed E-state index contributed by atoms with van der Waals surface area (Å²) in [5.74, 6) is -2.39. The Hall–Kier alpha value is -3.24. The van der Waals surface area contributed by atoms with Crippen molar-refractivity contribution in [1.82, 2.24) is 35.3 Å². The van der Waals surface area contributed by atoms with E-state index >= 15 is 0 Å². The average molecular weight is 624 g/mol. The molecule has 232 valence electrons. The van der Waals surface area contributed by atoms with E-state index in [0.717, 1.165) is 44.2 Å². The zero-order valence-corrected chi connectivity index (χ0v) is 24.0. The summed E-state index contributed by atoms with van der Waals surface area (Å²) in [4.78, 5) is 11.3. The van der Waals surface area contributed by atoms with Crippen LogP contribution < -0.4 is 5.32 Å². The fourth-order valence-electron chi connectivity index (χ4n) is 6.98. The van der Waals surface area contributed by atoms with Crippen LogP contribution in [-0.2, 0) is 21.4 Å². The average Bonchev–Trinajstić information content (AvgIpc) is 3.67. The highest BCUT2D eigenvalue weighted by molar-refractivity contribution is 6.30. The van der Waals surface area contributed by atoms with Crippen LogP contribution in [0.15, 0.2) is 24.5 Å². The van der Waals surface area contributed by atoms with E-state index in [1.54, 1.807) is 4.68 Å². The number of hydrogen-bond donors (Lipinski definition) is 4. The van der Waals surface area contributed by atoms with Crippen LogP contribution in [0, 0.1) is 11.6 Å². The number of hydrogen-bond acceptors (Lipinski definition) is 9. The van der Waals surface area contributed by atoms with E-state index < -0.39 is 54.8 Å². The van der Waals surface area contributed by atoms with Gasteiger partial charge in [-0.05, 0) is 50.7 Å². The zero-order chi connectivity index (χ0) is 30.5. The second-order valence-corrected chi connectivity index (χ2v) is 12.1. The van der Waals surface area contributed by atoms with Gasteiger partial charge in [0.15, 0.2) is 11.6 Å². The van der Waals surface area contributed by atoms with Crippen LogP contribution in [0.4, 0.5) is 13.6 Å². The van der Waals surface area contributed by atoms with Crippen molar-refractivity contribution >= 4 is 17.7 Å². The van der Waals surface area contributed by atoms with Crippen molar-refractivity contribution in [3.8, 4) is 11.3 Å². The second-order valence-electron chi connectivity index (χ2n) is 11.7. The van der Waals surface area contributed by atoms with Crippen LogP contribution in [0.5, 0.6) is 0 Å². The molecule has 2 aromatic heterocycles. The molecule has 1 aromatic carbocycles. The number of ether oxygens (including phenoxy) is 2. The van der Waals surface area contributed by atoms with Gasteiger partial charge in [0.25, 0.3) is 0 Å². The van der Waals surface area contributed by atoms with Gasteiger partial charge >= 0.3 is 6.09 Å². The zero-order valence-electron chi connectivity index (χ0n) is 23.2. The quantitative estimate of drug-likeness (QED) is 0.273. The number of nitrogens with zero attached hydrogens (tertiary/aromatic N) is 6. The standard InChI is InChI=1S/C27H32ClF2N7O6/c1-42-24-17(11-36-12-19(33-34-36)26-4-7-27(8-5-26,9-6-26)31-25(40)41)43-18(13-38)23(39)22(24)37-10-16(32-35-37)14-2-3-15(28)21(30)20(14)29/h2-3,10,12,17-18,22-24,31,38-39H,4-9,11,13H2,1H3,(H,40,41)/t17-,18-,22+,23+,24+,26?,27?/m1/s1. The van der Waals surface area contributed by atoms with Gasteiger partial charge in [0.1, 0.15) is 36.2 Å². The van der Waals surface area contributed by atoms with E-state index in [1.807, 2.05) is 6.20 Å². The molecule has 2 bridgehead atoms. The van der Waals surface area contributed by atoms with E-state index in [1.165, 1.54) is 30.1 Å². The number of aliphatic hydroxyl groups excluding tert-OH is 2. The van der Waals surface area contributed by atoms with Crippen molar-refractivity contribution in [2.24, 2.45) is 0 Å². The molecule has 1 amide bonds. The molecule has 3 saturated carbocycles. The predicted molar refractivity (Wildman–Crippen MR) is 145 cm³/mol. The van der Waals surface area contributed by atoms with Gasteiger partial charge in [0.2, 0.25) is 0 Å². The molecule has 3 aliphatic carbocycles. The van der Waals surface area contributed by atoms with Crippen molar-refractivity contribution in [1.29, 1.82) is 0 Å². The molecule has 1 aliphatic heterocycles. The van der Waals surface area contributed by atoms with Gasteiger partial charge in [0, 0.05) is 29.8 Å². The molecular weight excluding hydrogens is 592 g/mol. The lowest BCUT2D eigenvalue weighted by molar-refractivity contribution is -0.216.